The lowest BCUT2D eigenvalue weighted by Gasteiger charge is -2.35. The number of aryl methyl sites for hydroxylation is 1. The number of carboxylic acid groups (broad SMARTS) is 1. The van der Waals surface area contributed by atoms with Gasteiger partial charge in [0.1, 0.15) is 0 Å². The first-order chi connectivity index (χ1) is 12.1. The molecule has 3 atom stereocenters. The fourth-order valence-corrected chi connectivity index (χ4v) is 4.68. The summed E-state index contributed by atoms with van der Waals surface area (Å²) in [6, 6.07) is 5.97. The van der Waals surface area contributed by atoms with Gasteiger partial charge in [0, 0.05) is 17.7 Å². The molecular formula is C19H28N2O4S. The highest BCUT2D eigenvalue weighted by Gasteiger charge is 2.34. The van der Waals surface area contributed by atoms with Gasteiger partial charge in [-0.1, -0.05) is 37.6 Å². The molecule has 0 heterocycles. The number of carboxylic acids is 1. The summed E-state index contributed by atoms with van der Waals surface area (Å²) < 4.78 is 28.4. The summed E-state index contributed by atoms with van der Waals surface area (Å²) in [5.41, 5.74) is 7.52. The van der Waals surface area contributed by atoms with Crippen molar-refractivity contribution in [3.05, 3.63) is 41.5 Å². The zero-order valence-corrected chi connectivity index (χ0v) is 16.3. The maximum atomic E-state index is 12.8. The van der Waals surface area contributed by atoms with Crippen LogP contribution in [0.25, 0.3) is 0 Å². The monoisotopic (exact) mass is 380 g/mol. The quantitative estimate of drug-likeness (QED) is 0.673. The Kier molecular flexibility index (Phi) is 6.60. The van der Waals surface area contributed by atoms with Crippen molar-refractivity contribution in [2.75, 3.05) is 0 Å². The van der Waals surface area contributed by atoms with Crippen LogP contribution in [0.2, 0.25) is 0 Å². The van der Waals surface area contributed by atoms with Gasteiger partial charge in [-0.05, 0) is 50.2 Å². The van der Waals surface area contributed by atoms with Crippen LogP contribution in [0.4, 0.5) is 0 Å². The minimum atomic E-state index is -3.67. The van der Waals surface area contributed by atoms with Gasteiger partial charge in [0.25, 0.3) is 0 Å². The van der Waals surface area contributed by atoms with Gasteiger partial charge in [-0.3, -0.25) is 0 Å². The molecule has 7 heteroatoms. The molecule has 144 valence electrons. The van der Waals surface area contributed by atoms with E-state index in [9.17, 15) is 13.2 Å². The maximum absolute atomic E-state index is 12.8. The van der Waals surface area contributed by atoms with Crippen molar-refractivity contribution in [3.8, 4) is 0 Å². The number of nitrogens with one attached hydrogen (secondary N) is 1. The Morgan fingerprint density at radius 2 is 1.92 bits per heavy atom. The lowest BCUT2D eigenvalue weighted by Crippen LogP contribution is -2.49. The Morgan fingerprint density at radius 1 is 1.31 bits per heavy atom. The Morgan fingerprint density at radius 3 is 2.42 bits per heavy atom. The topological polar surface area (TPSA) is 109 Å². The molecule has 1 aliphatic rings. The van der Waals surface area contributed by atoms with E-state index in [1.54, 1.807) is 30.3 Å². The van der Waals surface area contributed by atoms with Crippen molar-refractivity contribution >= 4 is 16.0 Å². The summed E-state index contributed by atoms with van der Waals surface area (Å²) in [4.78, 5) is 11.4. The molecule has 6 nitrogen and oxygen atoms in total. The van der Waals surface area contributed by atoms with E-state index in [1.807, 2.05) is 20.8 Å². The lowest BCUT2D eigenvalue weighted by molar-refractivity contribution is -0.133. The number of benzene rings is 1. The molecule has 0 saturated carbocycles. The van der Waals surface area contributed by atoms with Gasteiger partial charge in [0.15, 0.2) is 0 Å². The van der Waals surface area contributed by atoms with Gasteiger partial charge in [-0.25, -0.2) is 17.9 Å². The smallest absolute Gasteiger partial charge is 0.331 e. The fraction of sp³-hybridized carbons (Fsp3) is 0.526. The first kappa shape index (κ1) is 20.6. The molecule has 26 heavy (non-hydrogen) atoms. The van der Waals surface area contributed by atoms with E-state index in [0.29, 0.717) is 18.4 Å². The van der Waals surface area contributed by atoms with Crippen LogP contribution in [0.15, 0.2) is 40.8 Å². The molecule has 0 amide bonds. The van der Waals surface area contributed by atoms with Gasteiger partial charge in [0.2, 0.25) is 10.0 Å². The van der Waals surface area contributed by atoms with E-state index in [-0.39, 0.29) is 29.2 Å². The van der Waals surface area contributed by atoms with Gasteiger partial charge in [-0.2, -0.15) is 0 Å². The van der Waals surface area contributed by atoms with Crippen molar-refractivity contribution < 1.29 is 18.3 Å². The summed E-state index contributed by atoms with van der Waals surface area (Å²) >= 11 is 0. The van der Waals surface area contributed by atoms with Crippen LogP contribution < -0.4 is 10.5 Å². The van der Waals surface area contributed by atoms with Crippen LogP contribution in [-0.4, -0.2) is 31.6 Å². The third-order valence-electron chi connectivity index (χ3n) is 4.80. The van der Waals surface area contributed by atoms with Gasteiger partial charge in [-0.15, -0.1) is 0 Å². The number of allylic oxidation sites excluding steroid dienone is 1. The molecule has 0 radical (unpaired) electrons. The third-order valence-corrected chi connectivity index (χ3v) is 6.30. The second-order valence-electron chi connectivity index (χ2n) is 7.47. The molecule has 2 rings (SSSR count). The predicted molar refractivity (Wildman–Crippen MR) is 101 cm³/mol. The maximum Gasteiger partial charge on any atom is 0.331 e. The van der Waals surface area contributed by atoms with Crippen molar-refractivity contribution in [3.63, 3.8) is 0 Å². The molecule has 0 fully saturated rings. The molecule has 0 saturated heterocycles. The summed E-state index contributed by atoms with van der Waals surface area (Å²) in [5, 5.41) is 9.15. The van der Waals surface area contributed by atoms with E-state index < -0.39 is 22.0 Å². The molecule has 1 aromatic rings. The third kappa shape index (κ3) is 5.16. The fourth-order valence-electron chi connectivity index (χ4n) is 3.38. The van der Waals surface area contributed by atoms with Crippen LogP contribution in [0.5, 0.6) is 0 Å². The highest BCUT2D eigenvalue weighted by Crippen LogP contribution is 2.29. The SMILES string of the molecule is Cc1ccc(S(=O)(=O)N[C@@H](CC(C)C)[C@H]2CC=C(C(=O)O)C[C@H]2N)cc1. The number of carbonyl (C=O) groups is 1. The molecule has 0 unspecified atom stereocenters. The molecule has 0 aliphatic heterocycles. The van der Waals surface area contributed by atoms with E-state index in [1.165, 1.54) is 0 Å². The number of aliphatic carboxylic acids is 1. The Balaban J connectivity index is 2.25. The molecular weight excluding hydrogens is 352 g/mol. The van der Waals surface area contributed by atoms with E-state index in [2.05, 4.69) is 4.72 Å². The number of sulfonamides is 1. The van der Waals surface area contributed by atoms with Crippen molar-refractivity contribution in [1.82, 2.24) is 4.72 Å². The number of hydrogen-bond donors (Lipinski definition) is 3. The molecule has 1 aliphatic carbocycles. The Hall–Kier alpha value is -1.70. The first-order valence-corrected chi connectivity index (χ1v) is 10.4. The van der Waals surface area contributed by atoms with Crippen LogP contribution in [-0.2, 0) is 14.8 Å². The van der Waals surface area contributed by atoms with E-state index >= 15 is 0 Å². The molecule has 1 aromatic carbocycles. The summed E-state index contributed by atoms with van der Waals surface area (Å²) in [7, 11) is -3.67. The second kappa shape index (κ2) is 8.33. The number of hydrogen-bond acceptors (Lipinski definition) is 4. The summed E-state index contributed by atoms with van der Waals surface area (Å²) in [6.07, 6.45) is 3.01. The zero-order valence-electron chi connectivity index (χ0n) is 15.5. The normalized spacial score (nSPS) is 22.1. The van der Waals surface area contributed by atoms with Crippen LogP contribution >= 0.6 is 0 Å². The van der Waals surface area contributed by atoms with Crippen molar-refractivity contribution in [1.29, 1.82) is 0 Å². The standard InChI is InChI=1S/C19H28N2O4S/c1-12(2)10-18(16-9-6-14(19(22)23)11-17(16)20)21-26(24,25)15-7-4-13(3)5-8-15/h4-8,12,16-18,21H,9-11,20H2,1-3H3,(H,22,23)/t16-,17+,18-/m0/s1. The minimum Gasteiger partial charge on any atom is -0.478 e. The van der Waals surface area contributed by atoms with E-state index in [0.717, 1.165) is 5.56 Å². The predicted octanol–water partition coefficient (Wildman–Crippen LogP) is 2.44. The van der Waals surface area contributed by atoms with Gasteiger partial charge < -0.3 is 10.8 Å². The molecule has 0 aromatic heterocycles. The number of rotatable bonds is 7. The molecule has 4 N–H and O–H groups in total. The Labute approximate surface area is 155 Å². The number of nitrogens with two attached hydrogens (primary N) is 1. The summed E-state index contributed by atoms with van der Waals surface area (Å²) in [6.45, 7) is 5.96. The average molecular weight is 381 g/mol. The van der Waals surface area contributed by atoms with Crippen molar-refractivity contribution in [2.45, 2.75) is 57.0 Å². The summed E-state index contributed by atoms with van der Waals surface area (Å²) in [5.74, 6) is -0.821. The van der Waals surface area contributed by atoms with Gasteiger partial charge >= 0.3 is 5.97 Å². The lowest BCUT2D eigenvalue weighted by atomic mass is 9.78. The minimum absolute atomic E-state index is 0.138. The van der Waals surface area contributed by atoms with Crippen molar-refractivity contribution in [2.24, 2.45) is 17.6 Å². The average Bonchev–Trinajstić information content (AvgIpc) is 2.53. The Bertz CT molecular complexity index is 769. The van der Waals surface area contributed by atoms with Crippen LogP contribution in [0, 0.1) is 18.8 Å². The second-order valence-corrected chi connectivity index (χ2v) is 9.19. The molecule has 0 spiro atoms. The zero-order chi connectivity index (χ0) is 19.5. The highest BCUT2D eigenvalue weighted by atomic mass is 32.2. The van der Waals surface area contributed by atoms with Crippen LogP contribution in [0.3, 0.4) is 0 Å². The largest absolute Gasteiger partial charge is 0.478 e. The highest BCUT2D eigenvalue weighted by molar-refractivity contribution is 7.89. The molecule has 0 bridgehead atoms. The van der Waals surface area contributed by atoms with E-state index in [4.69, 9.17) is 10.8 Å². The van der Waals surface area contributed by atoms with Gasteiger partial charge in [0.05, 0.1) is 4.90 Å². The van der Waals surface area contributed by atoms with Crippen LogP contribution in [0.1, 0.15) is 38.7 Å². The first-order valence-electron chi connectivity index (χ1n) is 8.87.